The first-order chi connectivity index (χ1) is 9.84. The molecule has 3 rings (SSSR count). The molecule has 1 N–H and O–H groups in total. The third kappa shape index (κ3) is 2.92. The molecule has 1 fully saturated rings. The van der Waals surface area contributed by atoms with Crippen LogP contribution < -0.4 is 5.32 Å². The summed E-state index contributed by atoms with van der Waals surface area (Å²) in [4.78, 5) is 13.1. The van der Waals surface area contributed by atoms with E-state index >= 15 is 0 Å². The molecule has 1 aromatic heterocycles. The summed E-state index contributed by atoms with van der Waals surface area (Å²) in [5, 5.41) is 4.95. The van der Waals surface area contributed by atoms with Crippen LogP contribution >= 0.6 is 11.3 Å². The Morgan fingerprint density at radius 3 is 2.90 bits per heavy atom. The average Bonchev–Trinajstić information content (AvgIpc) is 3.17. The van der Waals surface area contributed by atoms with Crippen molar-refractivity contribution < 1.29 is 9.53 Å². The van der Waals surface area contributed by atoms with Crippen molar-refractivity contribution in [1.82, 2.24) is 5.32 Å². The quantitative estimate of drug-likeness (QED) is 0.936. The van der Waals surface area contributed by atoms with E-state index in [-0.39, 0.29) is 12.0 Å². The number of thiophene rings is 1. The molecule has 1 amide bonds. The lowest BCUT2D eigenvalue weighted by molar-refractivity contribution is 0.0861. The maximum absolute atomic E-state index is 12.3. The maximum atomic E-state index is 12.3. The molecule has 20 heavy (non-hydrogen) atoms. The van der Waals surface area contributed by atoms with E-state index in [1.807, 2.05) is 41.8 Å². The topological polar surface area (TPSA) is 38.3 Å². The molecule has 2 heterocycles. The largest absolute Gasteiger partial charge is 0.376 e. The minimum atomic E-state index is -0.00523. The lowest BCUT2D eigenvalue weighted by Crippen LogP contribution is -2.31. The summed E-state index contributed by atoms with van der Waals surface area (Å²) in [5.74, 6) is -0.00523. The molecule has 104 valence electrons. The fourth-order valence-electron chi connectivity index (χ4n) is 2.42. The Balaban J connectivity index is 1.70. The van der Waals surface area contributed by atoms with Crippen LogP contribution in [0.25, 0.3) is 11.1 Å². The normalized spacial score (nSPS) is 18.1. The summed E-state index contributed by atoms with van der Waals surface area (Å²) in [6, 6.07) is 12.0. The van der Waals surface area contributed by atoms with E-state index in [4.69, 9.17) is 4.74 Å². The molecule has 4 heteroatoms. The summed E-state index contributed by atoms with van der Waals surface area (Å²) < 4.78 is 5.52. The first-order valence-corrected chi connectivity index (χ1v) is 7.75. The number of hydrogen-bond acceptors (Lipinski definition) is 3. The van der Waals surface area contributed by atoms with E-state index < -0.39 is 0 Å². The van der Waals surface area contributed by atoms with Crippen molar-refractivity contribution in [3.63, 3.8) is 0 Å². The molecule has 1 aliphatic rings. The number of rotatable bonds is 4. The van der Waals surface area contributed by atoms with E-state index in [1.165, 1.54) is 11.3 Å². The second-order valence-corrected chi connectivity index (χ2v) is 5.79. The van der Waals surface area contributed by atoms with Crippen molar-refractivity contribution in [1.29, 1.82) is 0 Å². The predicted molar refractivity (Wildman–Crippen MR) is 81.1 cm³/mol. The zero-order valence-electron chi connectivity index (χ0n) is 11.2. The van der Waals surface area contributed by atoms with Gasteiger partial charge >= 0.3 is 0 Å². The molecule has 0 spiro atoms. The highest BCUT2D eigenvalue weighted by molar-refractivity contribution is 7.12. The van der Waals surface area contributed by atoms with Crippen molar-refractivity contribution in [2.24, 2.45) is 0 Å². The number of ether oxygens (including phenoxy) is 1. The molecule has 0 saturated carbocycles. The zero-order valence-corrected chi connectivity index (χ0v) is 12.0. The third-order valence-electron chi connectivity index (χ3n) is 3.47. The molecule has 0 radical (unpaired) electrons. The zero-order chi connectivity index (χ0) is 13.8. The van der Waals surface area contributed by atoms with Gasteiger partial charge in [0.25, 0.3) is 5.91 Å². The summed E-state index contributed by atoms with van der Waals surface area (Å²) in [6.45, 7) is 1.42. The summed E-state index contributed by atoms with van der Waals surface area (Å²) in [6.07, 6.45) is 2.31. The first-order valence-electron chi connectivity index (χ1n) is 6.87. The summed E-state index contributed by atoms with van der Waals surface area (Å²) in [5.41, 5.74) is 2.08. The maximum Gasteiger partial charge on any atom is 0.262 e. The summed E-state index contributed by atoms with van der Waals surface area (Å²) >= 11 is 1.48. The smallest absolute Gasteiger partial charge is 0.262 e. The Morgan fingerprint density at radius 1 is 1.30 bits per heavy atom. The molecule has 2 aromatic rings. The van der Waals surface area contributed by atoms with E-state index in [0.29, 0.717) is 6.54 Å². The lowest BCUT2D eigenvalue weighted by Gasteiger charge is -2.11. The number of amides is 1. The van der Waals surface area contributed by atoms with E-state index in [9.17, 15) is 4.79 Å². The highest BCUT2D eigenvalue weighted by atomic mass is 32.1. The van der Waals surface area contributed by atoms with Crippen molar-refractivity contribution in [2.75, 3.05) is 13.2 Å². The Morgan fingerprint density at radius 2 is 2.15 bits per heavy atom. The van der Waals surface area contributed by atoms with E-state index in [1.54, 1.807) is 0 Å². The number of carbonyl (C=O) groups excluding carboxylic acids is 1. The molecular formula is C16H17NO2S. The fourth-order valence-corrected chi connectivity index (χ4v) is 3.25. The molecule has 1 unspecified atom stereocenters. The van der Waals surface area contributed by atoms with Crippen molar-refractivity contribution in [2.45, 2.75) is 18.9 Å². The lowest BCUT2D eigenvalue weighted by atomic mass is 10.1. The van der Waals surface area contributed by atoms with Gasteiger partial charge in [-0.3, -0.25) is 4.79 Å². The highest BCUT2D eigenvalue weighted by Crippen LogP contribution is 2.28. The third-order valence-corrected chi connectivity index (χ3v) is 4.38. The van der Waals surface area contributed by atoms with Crippen LogP contribution in [0, 0.1) is 0 Å². The van der Waals surface area contributed by atoms with Crippen LogP contribution in [0.1, 0.15) is 22.5 Å². The van der Waals surface area contributed by atoms with Crippen LogP contribution in [0.3, 0.4) is 0 Å². The first kappa shape index (κ1) is 13.3. The van der Waals surface area contributed by atoms with Crippen LogP contribution in [0.4, 0.5) is 0 Å². The molecule has 1 saturated heterocycles. The van der Waals surface area contributed by atoms with Crippen LogP contribution in [0.2, 0.25) is 0 Å². The monoisotopic (exact) mass is 287 g/mol. The number of hydrogen-bond donors (Lipinski definition) is 1. The number of benzene rings is 1. The van der Waals surface area contributed by atoms with Gasteiger partial charge in [0.05, 0.1) is 11.0 Å². The van der Waals surface area contributed by atoms with E-state index in [2.05, 4.69) is 5.32 Å². The van der Waals surface area contributed by atoms with Gasteiger partial charge in [-0.15, -0.1) is 11.3 Å². The number of nitrogens with one attached hydrogen (secondary N) is 1. The molecule has 0 bridgehead atoms. The van der Waals surface area contributed by atoms with Crippen LogP contribution in [-0.2, 0) is 4.74 Å². The minimum Gasteiger partial charge on any atom is -0.376 e. The van der Waals surface area contributed by atoms with Gasteiger partial charge < -0.3 is 10.1 Å². The van der Waals surface area contributed by atoms with Crippen LogP contribution in [0.15, 0.2) is 41.8 Å². The molecule has 1 atom stereocenters. The van der Waals surface area contributed by atoms with Gasteiger partial charge in [0.2, 0.25) is 0 Å². The number of carbonyl (C=O) groups is 1. The van der Waals surface area contributed by atoms with Crippen LogP contribution in [0.5, 0.6) is 0 Å². The van der Waals surface area contributed by atoms with Gasteiger partial charge in [0.15, 0.2) is 0 Å². The Kier molecular flexibility index (Phi) is 4.14. The van der Waals surface area contributed by atoms with Gasteiger partial charge in [-0.2, -0.15) is 0 Å². The predicted octanol–water partition coefficient (Wildman–Crippen LogP) is 3.32. The second-order valence-electron chi connectivity index (χ2n) is 4.87. The molecular weight excluding hydrogens is 270 g/mol. The Bertz CT molecular complexity index is 573. The molecule has 1 aliphatic heterocycles. The van der Waals surface area contributed by atoms with Gasteiger partial charge in [-0.25, -0.2) is 0 Å². The van der Waals surface area contributed by atoms with Crippen molar-refractivity contribution in [3.8, 4) is 11.1 Å². The van der Waals surface area contributed by atoms with Crippen LogP contribution in [-0.4, -0.2) is 25.2 Å². The fraction of sp³-hybridized carbons (Fsp3) is 0.312. The summed E-state index contributed by atoms with van der Waals surface area (Å²) in [7, 11) is 0. The van der Waals surface area contributed by atoms with Crippen molar-refractivity contribution >= 4 is 17.2 Å². The van der Waals surface area contributed by atoms with Crippen molar-refractivity contribution in [3.05, 3.63) is 46.7 Å². The highest BCUT2D eigenvalue weighted by Gasteiger charge is 2.19. The minimum absolute atomic E-state index is 0.00523. The molecule has 3 nitrogen and oxygen atoms in total. The van der Waals surface area contributed by atoms with Gasteiger partial charge in [0, 0.05) is 18.7 Å². The van der Waals surface area contributed by atoms with Gasteiger partial charge in [0.1, 0.15) is 0 Å². The Hall–Kier alpha value is -1.65. The molecule has 1 aromatic carbocycles. The SMILES string of the molecule is O=C(NCC1CCCO1)c1sccc1-c1ccccc1. The standard InChI is InChI=1S/C16H17NO2S/c18-16(17-11-13-7-4-9-19-13)15-14(8-10-20-15)12-5-2-1-3-6-12/h1-3,5-6,8,10,13H,4,7,9,11H2,(H,17,18). The molecule has 0 aliphatic carbocycles. The van der Waals surface area contributed by atoms with Gasteiger partial charge in [-0.05, 0) is 29.9 Å². The van der Waals surface area contributed by atoms with Gasteiger partial charge in [-0.1, -0.05) is 30.3 Å². The average molecular weight is 287 g/mol. The Labute approximate surface area is 122 Å². The van der Waals surface area contributed by atoms with E-state index in [0.717, 1.165) is 35.5 Å². The second kappa shape index (κ2) is 6.20.